The van der Waals surface area contributed by atoms with Crippen LogP contribution in [0.3, 0.4) is 0 Å². The zero-order chi connectivity index (χ0) is 12.5. The lowest BCUT2D eigenvalue weighted by Gasteiger charge is -2.03. The summed E-state index contributed by atoms with van der Waals surface area (Å²) in [5, 5.41) is 10.9. The number of carboxylic acid groups (broad SMARTS) is 1. The molecule has 3 heterocycles. The fraction of sp³-hybridized carbons (Fsp3) is 0.182. The Labute approximate surface area is 101 Å². The van der Waals surface area contributed by atoms with Gasteiger partial charge in [0, 0.05) is 19.2 Å². The minimum Gasteiger partial charge on any atom is -0.465 e. The van der Waals surface area contributed by atoms with Crippen molar-refractivity contribution in [2.75, 3.05) is 6.54 Å². The fourth-order valence-electron chi connectivity index (χ4n) is 2.00. The van der Waals surface area contributed by atoms with Gasteiger partial charge in [-0.15, -0.1) is 0 Å². The van der Waals surface area contributed by atoms with Crippen molar-refractivity contribution >= 4 is 22.8 Å². The number of rotatable bonds is 3. The molecule has 0 aromatic carbocycles. The zero-order valence-electron chi connectivity index (χ0n) is 9.42. The van der Waals surface area contributed by atoms with Crippen LogP contribution in [0.25, 0.3) is 16.7 Å². The molecule has 0 radical (unpaired) electrons. The Morgan fingerprint density at radius 2 is 2.28 bits per heavy atom. The van der Waals surface area contributed by atoms with Crippen molar-refractivity contribution in [2.24, 2.45) is 0 Å². The van der Waals surface area contributed by atoms with Gasteiger partial charge in [-0.25, -0.2) is 14.8 Å². The van der Waals surface area contributed by atoms with Gasteiger partial charge in [-0.2, -0.15) is 0 Å². The molecule has 0 atom stereocenters. The highest BCUT2D eigenvalue weighted by atomic mass is 16.4. The van der Waals surface area contributed by atoms with E-state index in [4.69, 9.17) is 5.11 Å². The number of aromatic nitrogens is 4. The third kappa shape index (κ3) is 1.65. The molecule has 0 aliphatic heterocycles. The first-order valence-corrected chi connectivity index (χ1v) is 5.51. The molecule has 0 aliphatic rings. The molecule has 3 rings (SSSR count). The van der Waals surface area contributed by atoms with Crippen LogP contribution >= 0.6 is 0 Å². The molecule has 0 saturated heterocycles. The molecular weight excluding hydrogens is 234 g/mol. The Morgan fingerprint density at radius 1 is 1.44 bits per heavy atom. The number of nitrogens with zero attached hydrogens (tertiary/aromatic N) is 3. The highest BCUT2D eigenvalue weighted by Crippen LogP contribution is 2.15. The number of hydrogen-bond donors (Lipinski definition) is 3. The summed E-state index contributed by atoms with van der Waals surface area (Å²) in [7, 11) is 0. The Morgan fingerprint density at radius 3 is 3.11 bits per heavy atom. The molecule has 3 aromatic rings. The van der Waals surface area contributed by atoms with E-state index in [0.29, 0.717) is 13.0 Å². The van der Waals surface area contributed by atoms with Crippen LogP contribution in [0.2, 0.25) is 0 Å². The van der Waals surface area contributed by atoms with Crippen LogP contribution < -0.4 is 5.32 Å². The second-order valence-electron chi connectivity index (χ2n) is 3.89. The molecule has 7 nitrogen and oxygen atoms in total. The highest BCUT2D eigenvalue weighted by molar-refractivity contribution is 5.75. The van der Waals surface area contributed by atoms with E-state index >= 15 is 0 Å². The van der Waals surface area contributed by atoms with E-state index in [1.54, 1.807) is 12.4 Å². The maximum absolute atomic E-state index is 10.4. The van der Waals surface area contributed by atoms with E-state index in [9.17, 15) is 4.79 Å². The molecule has 18 heavy (non-hydrogen) atoms. The van der Waals surface area contributed by atoms with Crippen LogP contribution in [0.1, 0.15) is 5.82 Å². The maximum atomic E-state index is 10.4. The van der Waals surface area contributed by atoms with Gasteiger partial charge in [0.1, 0.15) is 5.82 Å². The van der Waals surface area contributed by atoms with Gasteiger partial charge in [0.15, 0.2) is 5.65 Å². The third-order valence-corrected chi connectivity index (χ3v) is 2.76. The number of carbonyl (C=O) groups is 1. The average molecular weight is 245 g/mol. The maximum Gasteiger partial charge on any atom is 0.404 e. The minimum atomic E-state index is -1.02. The summed E-state index contributed by atoms with van der Waals surface area (Å²) in [5.74, 6) is 0.811. The zero-order valence-corrected chi connectivity index (χ0v) is 9.42. The molecule has 0 saturated carbocycles. The van der Waals surface area contributed by atoms with Crippen LogP contribution in [0.5, 0.6) is 0 Å². The molecule has 7 heteroatoms. The van der Waals surface area contributed by atoms with Crippen molar-refractivity contribution in [3.05, 3.63) is 30.5 Å². The second-order valence-corrected chi connectivity index (χ2v) is 3.89. The molecule has 0 spiro atoms. The number of fused-ring (bicyclic) bond motifs is 3. The standard InChI is InChI=1S/C11H11N5O2/c17-11(18)13-4-2-9-14-5-7-6-15-10-8(16(7)9)1-3-12-10/h1,3,5-6,12-13H,2,4H2,(H,17,18). The minimum absolute atomic E-state index is 0.336. The molecule has 1 amide bonds. The van der Waals surface area contributed by atoms with Crippen LogP contribution in [0, 0.1) is 0 Å². The number of aromatic amines is 1. The van der Waals surface area contributed by atoms with Crippen molar-refractivity contribution in [1.29, 1.82) is 0 Å². The topological polar surface area (TPSA) is 95.3 Å². The van der Waals surface area contributed by atoms with Gasteiger partial charge in [-0.1, -0.05) is 0 Å². The number of hydrogen-bond acceptors (Lipinski definition) is 3. The van der Waals surface area contributed by atoms with E-state index < -0.39 is 6.09 Å². The Balaban J connectivity index is 2.01. The summed E-state index contributed by atoms with van der Waals surface area (Å²) in [5.41, 5.74) is 2.62. The van der Waals surface area contributed by atoms with E-state index in [0.717, 1.165) is 22.5 Å². The van der Waals surface area contributed by atoms with Crippen molar-refractivity contribution < 1.29 is 9.90 Å². The second kappa shape index (κ2) is 4.02. The Kier molecular flexibility index (Phi) is 2.36. The summed E-state index contributed by atoms with van der Waals surface area (Å²) in [6.45, 7) is 0.336. The van der Waals surface area contributed by atoms with E-state index in [1.165, 1.54) is 0 Å². The van der Waals surface area contributed by atoms with Gasteiger partial charge in [0.05, 0.1) is 23.4 Å². The molecule has 3 aromatic heterocycles. The lowest BCUT2D eigenvalue weighted by molar-refractivity contribution is 0.194. The largest absolute Gasteiger partial charge is 0.465 e. The molecule has 0 fully saturated rings. The molecule has 3 N–H and O–H groups in total. The first-order valence-electron chi connectivity index (χ1n) is 5.51. The van der Waals surface area contributed by atoms with Gasteiger partial charge in [-0.05, 0) is 6.07 Å². The first-order chi connectivity index (χ1) is 8.75. The quantitative estimate of drug-likeness (QED) is 0.642. The smallest absolute Gasteiger partial charge is 0.404 e. The molecular formula is C11H11N5O2. The van der Waals surface area contributed by atoms with E-state index in [1.807, 2.05) is 16.7 Å². The predicted octanol–water partition coefficient (Wildman–Crippen LogP) is 1.02. The van der Waals surface area contributed by atoms with Gasteiger partial charge in [0.25, 0.3) is 0 Å². The van der Waals surface area contributed by atoms with Crippen LogP contribution in [-0.4, -0.2) is 37.1 Å². The van der Waals surface area contributed by atoms with Crippen LogP contribution in [0.4, 0.5) is 4.79 Å². The Hall–Kier alpha value is -2.57. The van der Waals surface area contributed by atoms with Gasteiger partial charge in [-0.3, -0.25) is 4.40 Å². The number of nitrogens with one attached hydrogen (secondary N) is 2. The van der Waals surface area contributed by atoms with Gasteiger partial charge in [0.2, 0.25) is 0 Å². The van der Waals surface area contributed by atoms with Crippen LogP contribution in [0.15, 0.2) is 24.7 Å². The number of H-pyrrole nitrogens is 1. The predicted molar refractivity (Wildman–Crippen MR) is 64.6 cm³/mol. The summed E-state index contributed by atoms with van der Waals surface area (Å²) in [6.07, 6.45) is 4.79. The number of imidazole rings is 1. The molecule has 92 valence electrons. The SMILES string of the molecule is O=C(O)NCCc1ncc2cnc3[nH]ccc3n12. The summed E-state index contributed by atoms with van der Waals surface area (Å²) in [6, 6.07) is 1.92. The van der Waals surface area contributed by atoms with Crippen molar-refractivity contribution in [3.8, 4) is 0 Å². The van der Waals surface area contributed by atoms with Gasteiger partial charge >= 0.3 is 6.09 Å². The van der Waals surface area contributed by atoms with Gasteiger partial charge < -0.3 is 15.4 Å². The molecule has 0 unspecified atom stereocenters. The summed E-state index contributed by atoms with van der Waals surface area (Å²) < 4.78 is 1.97. The normalized spacial score (nSPS) is 11.1. The average Bonchev–Trinajstić information content (AvgIpc) is 2.93. The Bertz CT molecular complexity index is 714. The van der Waals surface area contributed by atoms with Crippen molar-refractivity contribution in [1.82, 2.24) is 24.7 Å². The number of amides is 1. The summed E-state index contributed by atoms with van der Waals surface area (Å²) >= 11 is 0. The van der Waals surface area contributed by atoms with E-state index in [2.05, 4.69) is 20.3 Å². The highest BCUT2D eigenvalue weighted by Gasteiger charge is 2.08. The summed E-state index contributed by atoms with van der Waals surface area (Å²) in [4.78, 5) is 22.0. The molecule has 0 bridgehead atoms. The van der Waals surface area contributed by atoms with Crippen molar-refractivity contribution in [3.63, 3.8) is 0 Å². The lowest BCUT2D eigenvalue weighted by Crippen LogP contribution is -2.23. The lowest BCUT2D eigenvalue weighted by atomic mass is 10.4. The van der Waals surface area contributed by atoms with E-state index in [-0.39, 0.29) is 0 Å². The van der Waals surface area contributed by atoms with Crippen LogP contribution in [-0.2, 0) is 6.42 Å². The third-order valence-electron chi connectivity index (χ3n) is 2.76. The first kappa shape index (κ1) is 10.6. The monoisotopic (exact) mass is 245 g/mol. The fourth-order valence-corrected chi connectivity index (χ4v) is 2.00. The van der Waals surface area contributed by atoms with Crippen molar-refractivity contribution in [2.45, 2.75) is 6.42 Å². The molecule has 0 aliphatic carbocycles.